The van der Waals surface area contributed by atoms with Crippen molar-refractivity contribution in [1.82, 2.24) is 29.9 Å². The molecule has 0 radical (unpaired) electrons. The molecule has 0 bridgehead atoms. The highest BCUT2D eigenvalue weighted by atomic mass is 16.6. The van der Waals surface area contributed by atoms with E-state index in [4.69, 9.17) is 0 Å². The molecule has 1 N–H and O–H groups in total. The average molecular weight is 348 g/mol. The molecule has 0 fully saturated rings. The molecule has 3 aromatic heterocycles. The van der Waals surface area contributed by atoms with Gasteiger partial charge in [0.15, 0.2) is 0 Å². The van der Waals surface area contributed by atoms with Crippen LogP contribution in [0.1, 0.15) is 5.56 Å². The summed E-state index contributed by atoms with van der Waals surface area (Å²) >= 11 is 0. The zero-order valence-electron chi connectivity index (χ0n) is 13.4. The van der Waals surface area contributed by atoms with E-state index in [-0.39, 0.29) is 17.3 Å². The van der Waals surface area contributed by atoms with Gasteiger partial charge in [0.2, 0.25) is 11.6 Å². The molecule has 3 heterocycles. The monoisotopic (exact) mass is 348 g/mol. The molecular weight excluding hydrogens is 336 g/mol. The van der Waals surface area contributed by atoms with E-state index < -0.39 is 4.92 Å². The van der Waals surface area contributed by atoms with Crippen LogP contribution in [0.3, 0.4) is 0 Å². The Hall–Kier alpha value is -3.95. The van der Waals surface area contributed by atoms with Crippen LogP contribution in [0.4, 0.5) is 11.5 Å². The van der Waals surface area contributed by atoms with Crippen LogP contribution in [0.25, 0.3) is 16.9 Å². The van der Waals surface area contributed by atoms with Gasteiger partial charge in [-0.3, -0.25) is 15.1 Å². The number of anilines is 1. The highest BCUT2D eigenvalue weighted by Crippen LogP contribution is 2.29. The number of nitrogens with one attached hydrogen (secondary N) is 1. The molecule has 4 aromatic rings. The van der Waals surface area contributed by atoms with Crippen LogP contribution >= 0.6 is 0 Å². The fourth-order valence-electron chi connectivity index (χ4n) is 2.54. The molecular formula is C16H12N8O2. The molecule has 0 saturated heterocycles. The Morgan fingerprint density at radius 3 is 2.85 bits per heavy atom. The molecule has 0 spiro atoms. The van der Waals surface area contributed by atoms with Gasteiger partial charge in [0, 0.05) is 18.9 Å². The Balaban J connectivity index is 1.77. The van der Waals surface area contributed by atoms with Crippen molar-refractivity contribution in [2.75, 3.05) is 5.32 Å². The normalized spacial score (nSPS) is 10.8. The van der Waals surface area contributed by atoms with Gasteiger partial charge in [-0.25, -0.2) is 9.97 Å². The lowest BCUT2D eigenvalue weighted by atomic mass is 10.3. The Morgan fingerprint density at radius 1 is 1.15 bits per heavy atom. The number of nitrogens with zero attached hydrogens (tertiary/aromatic N) is 7. The van der Waals surface area contributed by atoms with Gasteiger partial charge < -0.3 is 5.32 Å². The lowest BCUT2D eigenvalue weighted by Gasteiger charge is -2.08. The predicted octanol–water partition coefficient (Wildman–Crippen LogP) is 2.13. The van der Waals surface area contributed by atoms with Crippen molar-refractivity contribution in [3.63, 3.8) is 0 Å². The quantitative estimate of drug-likeness (QED) is 0.429. The number of fused-ring (bicyclic) bond motifs is 1. The van der Waals surface area contributed by atoms with Crippen molar-refractivity contribution in [2.24, 2.45) is 0 Å². The highest BCUT2D eigenvalue weighted by molar-refractivity contribution is 5.77. The van der Waals surface area contributed by atoms with E-state index >= 15 is 0 Å². The molecule has 0 atom stereocenters. The van der Waals surface area contributed by atoms with Gasteiger partial charge in [-0.05, 0) is 23.8 Å². The fourth-order valence-corrected chi connectivity index (χ4v) is 2.54. The van der Waals surface area contributed by atoms with E-state index in [9.17, 15) is 10.1 Å². The second kappa shape index (κ2) is 6.51. The van der Waals surface area contributed by atoms with Gasteiger partial charge in [0.05, 0.1) is 10.4 Å². The van der Waals surface area contributed by atoms with Crippen molar-refractivity contribution < 1.29 is 4.92 Å². The van der Waals surface area contributed by atoms with E-state index in [2.05, 4.69) is 30.6 Å². The largest absolute Gasteiger partial charge is 0.360 e. The van der Waals surface area contributed by atoms with Gasteiger partial charge in [0.25, 0.3) is 0 Å². The maximum Gasteiger partial charge on any atom is 0.355 e. The second-order valence-electron chi connectivity index (χ2n) is 5.36. The summed E-state index contributed by atoms with van der Waals surface area (Å²) < 4.78 is 1.34. The van der Waals surface area contributed by atoms with Gasteiger partial charge in [-0.1, -0.05) is 23.4 Å². The second-order valence-corrected chi connectivity index (χ2v) is 5.36. The minimum Gasteiger partial charge on any atom is -0.360 e. The van der Waals surface area contributed by atoms with E-state index in [0.29, 0.717) is 17.6 Å². The van der Waals surface area contributed by atoms with E-state index in [1.807, 2.05) is 12.1 Å². The van der Waals surface area contributed by atoms with Gasteiger partial charge >= 0.3 is 5.69 Å². The third-order valence-corrected chi connectivity index (χ3v) is 3.72. The average Bonchev–Trinajstić information content (AvgIpc) is 3.10. The number of pyridine rings is 1. The first-order valence-corrected chi connectivity index (χ1v) is 7.67. The van der Waals surface area contributed by atoms with Crippen molar-refractivity contribution in [1.29, 1.82) is 0 Å². The Labute approximate surface area is 146 Å². The van der Waals surface area contributed by atoms with Crippen LogP contribution < -0.4 is 5.32 Å². The summed E-state index contributed by atoms with van der Waals surface area (Å²) in [6.45, 7) is 0.337. The van der Waals surface area contributed by atoms with Crippen LogP contribution in [0.5, 0.6) is 0 Å². The highest BCUT2D eigenvalue weighted by Gasteiger charge is 2.26. The minimum atomic E-state index is -0.530. The maximum absolute atomic E-state index is 11.7. The first-order chi connectivity index (χ1) is 12.7. The summed E-state index contributed by atoms with van der Waals surface area (Å²) in [5, 5.41) is 22.7. The molecule has 0 unspecified atom stereocenters. The van der Waals surface area contributed by atoms with Crippen LogP contribution in [-0.2, 0) is 6.54 Å². The number of aromatic nitrogens is 6. The summed E-state index contributed by atoms with van der Waals surface area (Å²) in [7, 11) is 0. The van der Waals surface area contributed by atoms with Crippen molar-refractivity contribution in [3.05, 3.63) is 70.8 Å². The molecule has 10 heteroatoms. The van der Waals surface area contributed by atoms with E-state index in [0.717, 1.165) is 5.56 Å². The lowest BCUT2D eigenvalue weighted by molar-refractivity contribution is -0.384. The van der Waals surface area contributed by atoms with Crippen molar-refractivity contribution in [3.8, 4) is 5.82 Å². The first-order valence-electron chi connectivity index (χ1n) is 7.67. The summed E-state index contributed by atoms with van der Waals surface area (Å²) in [5.74, 6) is 0.149. The Bertz CT molecular complexity index is 1080. The molecule has 1 aromatic carbocycles. The molecule has 128 valence electrons. The van der Waals surface area contributed by atoms with Gasteiger partial charge in [-0.2, -0.15) is 4.68 Å². The molecule has 10 nitrogen and oxygen atoms in total. The third kappa shape index (κ3) is 2.79. The molecule has 0 aliphatic rings. The van der Waals surface area contributed by atoms with E-state index in [1.165, 1.54) is 11.0 Å². The van der Waals surface area contributed by atoms with E-state index in [1.54, 1.807) is 36.7 Å². The summed E-state index contributed by atoms with van der Waals surface area (Å²) in [6.07, 6.45) is 4.58. The smallest absolute Gasteiger partial charge is 0.355 e. The zero-order chi connectivity index (χ0) is 17.9. The number of para-hydroxylation sites is 1. The van der Waals surface area contributed by atoms with Crippen LogP contribution in [0, 0.1) is 10.1 Å². The molecule has 0 amide bonds. The van der Waals surface area contributed by atoms with Crippen LogP contribution in [0.15, 0.2) is 55.1 Å². The maximum atomic E-state index is 11.7. The SMILES string of the molecule is O=[N+]([O-])c1c(NCc2cccnc2)ncnc1-n1nnc2ccccc21. The number of hydrogen-bond acceptors (Lipinski definition) is 8. The minimum absolute atomic E-state index is 0.0485. The number of nitro groups is 1. The first kappa shape index (κ1) is 15.6. The summed E-state index contributed by atoms with van der Waals surface area (Å²) in [5.41, 5.74) is 1.83. The standard InChI is InChI=1S/C16H12N8O2/c25-24(26)14-15(18-9-11-4-3-7-17-8-11)19-10-20-16(14)23-13-6-2-1-5-12(13)21-22-23/h1-8,10H,9H2,(H,18,19,20). The molecule has 0 aliphatic heterocycles. The lowest BCUT2D eigenvalue weighted by Crippen LogP contribution is -2.10. The Morgan fingerprint density at radius 2 is 2.04 bits per heavy atom. The number of benzene rings is 1. The fraction of sp³-hybridized carbons (Fsp3) is 0.0625. The summed E-state index contributed by atoms with van der Waals surface area (Å²) in [4.78, 5) is 23.3. The Kier molecular flexibility index (Phi) is 3.90. The van der Waals surface area contributed by atoms with Crippen LogP contribution in [-0.4, -0.2) is 34.9 Å². The topological polar surface area (TPSA) is 125 Å². The van der Waals surface area contributed by atoms with Gasteiger partial charge in [0.1, 0.15) is 11.8 Å². The number of rotatable bonds is 5. The van der Waals surface area contributed by atoms with Crippen molar-refractivity contribution >= 4 is 22.5 Å². The third-order valence-electron chi connectivity index (χ3n) is 3.72. The molecule has 0 saturated carbocycles. The molecule has 0 aliphatic carbocycles. The molecule has 26 heavy (non-hydrogen) atoms. The van der Waals surface area contributed by atoms with Crippen molar-refractivity contribution in [2.45, 2.75) is 6.54 Å². The number of hydrogen-bond donors (Lipinski definition) is 1. The molecule has 4 rings (SSSR count). The van der Waals surface area contributed by atoms with Crippen LogP contribution in [0.2, 0.25) is 0 Å². The predicted molar refractivity (Wildman–Crippen MR) is 92.7 cm³/mol. The van der Waals surface area contributed by atoms with Gasteiger partial charge in [-0.15, -0.1) is 5.10 Å². The summed E-state index contributed by atoms with van der Waals surface area (Å²) in [6, 6.07) is 10.8. The zero-order valence-corrected chi connectivity index (χ0v) is 13.4.